The Morgan fingerprint density at radius 1 is 1.21 bits per heavy atom. The third kappa shape index (κ3) is 4.12. The Labute approximate surface area is 121 Å². The monoisotopic (exact) mass is 294 g/mol. The number of rotatable bonds is 5. The fourth-order valence-corrected chi connectivity index (χ4v) is 1.98. The fourth-order valence-electron chi connectivity index (χ4n) is 1.45. The van der Waals surface area contributed by atoms with Gasteiger partial charge in [0.25, 0.3) is 0 Å². The first-order valence-electron chi connectivity index (χ1n) is 5.58. The molecule has 0 saturated carbocycles. The van der Waals surface area contributed by atoms with Crippen LogP contribution in [0.5, 0.6) is 0 Å². The molecule has 0 saturated heterocycles. The lowest BCUT2D eigenvalue weighted by atomic mass is 10.3. The van der Waals surface area contributed by atoms with E-state index in [9.17, 15) is 0 Å². The Bertz CT molecular complexity index is 566. The molecular formula is C13H12Cl2N4. The molecule has 1 aromatic carbocycles. The van der Waals surface area contributed by atoms with Crippen LogP contribution >= 0.6 is 23.2 Å². The molecule has 0 radical (unpaired) electrons. The molecule has 0 unspecified atom stereocenters. The van der Waals surface area contributed by atoms with Crippen molar-refractivity contribution in [1.29, 1.82) is 0 Å². The van der Waals surface area contributed by atoms with Crippen LogP contribution in [0.25, 0.3) is 0 Å². The molecule has 1 aromatic heterocycles. The summed E-state index contributed by atoms with van der Waals surface area (Å²) in [4.78, 5) is 8.39. The second kappa shape index (κ2) is 6.41. The molecule has 0 bridgehead atoms. The van der Waals surface area contributed by atoms with E-state index in [0.29, 0.717) is 28.4 Å². The number of hydrogen-bond acceptors (Lipinski definition) is 4. The van der Waals surface area contributed by atoms with E-state index in [4.69, 9.17) is 23.2 Å². The minimum Gasteiger partial charge on any atom is -0.351 e. The summed E-state index contributed by atoms with van der Waals surface area (Å²) in [6.45, 7) is 4.23. The number of aromatic nitrogens is 2. The average molecular weight is 295 g/mol. The smallest absolute Gasteiger partial charge is 0.224 e. The van der Waals surface area contributed by atoms with Crippen molar-refractivity contribution in [2.75, 3.05) is 17.2 Å². The fraction of sp³-hybridized carbons (Fsp3) is 0.0769. The van der Waals surface area contributed by atoms with Gasteiger partial charge in [-0.3, -0.25) is 0 Å². The van der Waals surface area contributed by atoms with Gasteiger partial charge in [-0.15, -0.1) is 6.58 Å². The molecule has 0 aliphatic carbocycles. The van der Waals surface area contributed by atoms with Gasteiger partial charge >= 0.3 is 0 Å². The zero-order valence-electron chi connectivity index (χ0n) is 10.0. The van der Waals surface area contributed by atoms with Crippen molar-refractivity contribution in [3.8, 4) is 0 Å². The van der Waals surface area contributed by atoms with Crippen LogP contribution in [0.2, 0.25) is 10.0 Å². The maximum Gasteiger partial charge on any atom is 0.224 e. The molecule has 0 aliphatic rings. The summed E-state index contributed by atoms with van der Waals surface area (Å²) in [5.41, 5.74) is 0.769. The van der Waals surface area contributed by atoms with Crippen LogP contribution in [-0.4, -0.2) is 16.5 Å². The summed E-state index contributed by atoms with van der Waals surface area (Å²) in [5.74, 6) is 1.18. The van der Waals surface area contributed by atoms with Crippen molar-refractivity contribution < 1.29 is 0 Å². The lowest BCUT2D eigenvalue weighted by molar-refractivity contribution is 1.12. The molecule has 0 spiro atoms. The highest BCUT2D eigenvalue weighted by atomic mass is 35.5. The number of halogens is 2. The van der Waals surface area contributed by atoms with E-state index in [1.807, 2.05) is 0 Å². The van der Waals surface area contributed by atoms with Crippen LogP contribution in [0, 0.1) is 0 Å². The molecule has 19 heavy (non-hydrogen) atoms. The molecule has 2 aromatic rings. The van der Waals surface area contributed by atoms with Crippen LogP contribution in [0.4, 0.5) is 17.5 Å². The summed E-state index contributed by atoms with van der Waals surface area (Å²) in [6.07, 6.45) is 3.40. The second-order valence-corrected chi connectivity index (χ2v) is 4.59. The van der Waals surface area contributed by atoms with E-state index in [1.54, 1.807) is 36.5 Å². The predicted octanol–water partition coefficient (Wildman–Crippen LogP) is 4.12. The average Bonchev–Trinajstić information content (AvgIpc) is 2.35. The normalized spacial score (nSPS) is 10.0. The summed E-state index contributed by atoms with van der Waals surface area (Å²) < 4.78 is 0. The molecule has 0 amide bonds. The number of benzene rings is 1. The lowest BCUT2D eigenvalue weighted by Crippen LogP contribution is -2.04. The topological polar surface area (TPSA) is 49.8 Å². The van der Waals surface area contributed by atoms with Crippen molar-refractivity contribution in [1.82, 2.24) is 9.97 Å². The van der Waals surface area contributed by atoms with Crippen molar-refractivity contribution in [2.24, 2.45) is 0 Å². The third-order valence-electron chi connectivity index (χ3n) is 2.20. The van der Waals surface area contributed by atoms with Gasteiger partial charge in [0.05, 0.1) is 0 Å². The standard InChI is InChI=1S/C13H12Cl2N4/c1-2-4-16-13-17-5-3-12(19-13)18-11-7-9(14)6-10(15)8-11/h2-3,5-8H,1,4H2,(H2,16,17,18,19). The molecule has 0 aliphatic heterocycles. The Balaban J connectivity index is 2.15. The Morgan fingerprint density at radius 2 is 1.95 bits per heavy atom. The van der Waals surface area contributed by atoms with Crippen molar-refractivity contribution in [2.45, 2.75) is 0 Å². The summed E-state index contributed by atoms with van der Waals surface area (Å²) in [5, 5.41) is 7.26. The van der Waals surface area contributed by atoms with Gasteiger partial charge in [-0.25, -0.2) is 4.98 Å². The highest BCUT2D eigenvalue weighted by Crippen LogP contribution is 2.24. The summed E-state index contributed by atoms with van der Waals surface area (Å²) in [6, 6.07) is 6.97. The first-order valence-corrected chi connectivity index (χ1v) is 6.34. The number of nitrogens with one attached hydrogen (secondary N) is 2. The second-order valence-electron chi connectivity index (χ2n) is 3.72. The first kappa shape index (κ1) is 13.6. The van der Waals surface area contributed by atoms with Crippen LogP contribution in [0.3, 0.4) is 0 Å². The van der Waals surface area contributed by atoms with Gasteiger partial charge in [-0.05, 0) is 24.3 Å². The number of anilines is 3. The van der Waals surface area contributed by atoms with E-state index < -0.39 is 0 Å². The van der Waals surface area contributed by atoms with Crippen LogP contribution < -0.4 is 10.6 Å². The maximum atomic E-state index is 5.94. The highest BCUT2D eigenvalue weighted by molar-refractivity contribution is 6.35. The van der Waals surface area contributed by atoms with Gasteiger partial charge in [0.1, 0.15) is 5.82 Å². The summed E-state index contributed by atoms with van der Waals surface area (Å²) in [7, 11) is 0. The zero-order chi connectivity index (χ0) is 13.7. The van der Waals surface area contributed by atoms with Crippen molar-refractivity contribution >= 4 is 40.7 Å². The number of hydrogen-bond donors (Lipinski definition) is 2. The Hall–Kier alpha value is -1.78. The quantitative estimate of drug-likeness (QED) is 0.814. The molecule has 1 heterocycles. The van der Waals surface area contributed by atoms with Crippen molar-refractivity contribution in [3.63, 3.8) is 0 Å². The van der Waals surface area contributed by atoms with E-state index >= 15 is 0 Å². The van der Waals surface area contributed by atoms with Gasteiger partial charge in [-0.1, -0.05) is 29.3 Å². The minimum atomic E-state index is 0.526. The Morgan fingerprint density at radius 3 is 2.63 bits per heavy atom. The van der Waals surface area contributed by atoms with Crippen LogP contribution in [0.15, 0.2) is 43.1 Å². The molecule has 6 heteroatoms. The van der Waals surface area contributed by atoms with Gasteiger partial charge < -0.3 is 10.6 Å². The van der Waals surface area contributed by atoms with E-state index in [-0.39, 0.29) is 0 Å². The number of nitrogens with zero attached hydrogens (tertiary/aromatic N) is 2. The molecular weight excluding hydrogens is 283 g/mol. The Kier molecular flexibility index (Phi) is 4.60. The van der Waals surface area contributed by atoms with Crippen molar-refractivity contribution in [3.05, 3.63) is 53.2 Å². The summed E-state index contributed by atoms with van der Waals surface area (Å²) >= 11 is 11.9. The van der Waals surface area contributed by atoms with Gasteiger partial charge in [0, 0.05) is 28.5 Å². The SMILES string of the molecule is C=CCNc1nccc(Nc2cc(Cl)cc(Cl)c2)n1. The third-order valence-corrected chi connectivity index (χ3v) is 2.63. The molecule has 2 N–H and O–H groups in total. The molecule has 98 valence electrons. The van der Waals surface area contributed by atoms with Crippen LogP contribution in [0.1, 0.15) is 0 Å². The first-order chi connectivity index (χ1) is 9.17. The van der Waals surface area contributed by atoms with E-state index in [1.165, 1.54) is 0 Å². The molecule has 4 nitrogen and oxygen atoms in total. The zero-order valence-corrected chi connectivity index (χ0v) is 11.5. The largest absolute Gasteiger partial charge is 0.351 e. The van der Waals surface area contributed by atoms with Gasteiger partial charge in [-0.2, -0.15) is 4.98 Å². The van der Waals surface area contributed by atoms with Crippen LogP contribution in [-0.2, 0) is 0 Å². The van der Waals surface area contributed by atoms with Gasteiger partial charge in [0.2, 0.25) is 5.95 Å². The highest BCUT2D eigenvalue weighted by Gasteiger charge is 2.01. The minimum absolute atomic E-state index is 0.526. The molecule has 2 rings (SSSR count). The molecule has 0 fully saturated rings. The maximum absolute atomic E-state index is 5.94. The van der Waals surface area contributed by atoms with E-state index in [2.05, 4.69) is 27.2 Å². The lowest BCUT2D eigenvalue weighted by Gasteiger charge is -2.08. The molecule has 0 atom stereocenters. The van der Waals surface area contributed by atoms with Gasteiger partial charge in [0.15, 0.2) is 0 Å². The predicted molar refractivity (Wildman–Crippen MR) is 80.5 cm³/mol. The van der Waals surface area contributed by atoms with E-state index in [0.717, 1.165) is 5.69 Å².